The molecule has 4 aromatic rings. The summed E-state index contributed by atoms with van der Waals surface area (Å²) in [5, 5.41) is 5.92. The van der Waals surface area contributed by atoms with Crippen LogP contribution in [0, 0.1) is 5.82 Å². The zero-order valence-electron chi connectivity index (χ0n) is 23.7. The molecule has 42 heavy (non-hydrogen) atoms. The van der Waals surface area contributed by atoms with Gasteiger partial charge in [0.25, 0.3) is 11.8 Å². The van der Waals surface area contributed by atoms with Crippen LogP contribution in [0.25, 0.3) is 33.4 Å². The second kappa shape index (κ2) is 11.8. The van der Waals surface area contributed by atoms with Crippen LogP contribution in [0.15, 0.2) is 64.0 Å². The first-order chi connectivity index (χ1) is 20.2. The van der Waals surface area contributed by atoms with E-state index < -0.39 is 11.4 Å². The van der Waals surface area contributed by atoms with Crippen LogP contribution in [0.1, 0.15) is 41.5 Å². The van der Waals surface area contributed by atoms with E-state index >= 15 is 0 Å². The second-order valence-electron chi connectivity index (χ2n) is 10.1. The van der Waals surface area contributed by atoms with Gasteiger partial charge in [-0.3, -0.25) is 9.59 Å². The highest BCUT2D eigenvalue weighted by Gasteiger charge is 2.35. The Bertz CT molecular complexity index is 1680. The minimum atomic E-state index is -0.721. The van der Waals surface area contributed by atoms with E-state index in [4.69, 9.17) is 18.1 Å². The number of aliphatic imine (C=N–C) groups is 1. The molecule has 0 saturated heterocycles. The first kappa shape index (κ1) is 29.0. The smallest absolute Gasteiger partial charge is 0.255 e. The zero-order chi connectivity index (χ0) is 30.0. The Morgan fingerprint density at radius 3 is 2.43 bits per heavy atom. The molecule has 5 rings (SSSR count). The van der Waals surface area contributed by atoms with Gasteiger partial charge in [-0.05, 0) is 68.8 Å². The Balaban J connectivity index is 1.64. The van der Waals surface area contributed by atoms with Gasteiger partial charge in [-0.2, -0.15) is 0 Å². The topological polar surface area (TPSA) is 111 Å². The molecule has 0 bridgehead atoms. The molecule has 11 heteroatoms. The first-order valence-electron chi connectivity index (χ1n) is 13.2. The van der Waals surface area contributed by atoms with Crippen molar-refractivity contribution in [2.45, 2.75) is 31.7 Å². The van der Waals surface area contributed by atoms with Gasteiger partial charge in [-0.15, -0.1) is 0 Å². The summed E-state index contributed by atoms with van der Waals surface area (Å²) in [6, 6.07) is 14.5. The normalized spacial score (nSPS) is 14.5. The summed E-state index contributed by atoms with van der Waals surface area (Å²) in [6.45, 7) is 5.96. The van der Waals surface area contributed by atoms with Crippen LogP contribution in [0.2, 0.25) is 0 Å². The molecule has 1 aromatic heterocycles. The van der Waals surface area contributed by atoms with Crippen LogP contribution in [0.4, 0.5) is 4.39 Å². The average molecular weight is 592 g/mol. The molecular weight excluding hydrogens is 561 g/mol. The van der Waals surface area contributed by atoms with Crippen molar-refractivity contribution in [3.8, 4) is 33.9 Å². The quantitative estimate of drug-likeness (QED) is 0.223. The number of benzene rings is 3. The van der Waals surface area contributed by atoms with E-state index in [2.05, 4.69) is 15.6 Å². The largest absolute Gasteiger partial charge is 0.496 e. The van der Waals surface area contributed by atoms with E-state index in [0.29, 0.717) is 62.7 Å². The van der Waals surface area contributed by atoms with Crippen molar-refractivity contribution in [2.75, 3.05) is 20.8 Å². The van der Waals surface area contributed by atoms with Crippen LogP contribution in [-0.2, 0) is 4.18 Å². The Labute approximate surface area is 246 Å². The maximum Gasteiger partial charge on any atom is 0.255 e. The number of methoxy groups -OCH3 is 1. The van der Waals surface area contributed by atoms with Crippen LogP contribution in [0.3, 0.4) is 0 Å². The predicted molar refractivity (Wildman–Crippen MR) is 161 cm³/mol. The molecule has 2 heterocycles. The maximum absolute atomic E-state index is 13.6. The number of carbonyl (C=O) groups is 2. The zero-order valence-corrected chi connectivity index (χ0v) is 24.6. The lowest BCUT2D eigenvalue weighted by Gasteiger charge is -2.29. The van der Waals surface area contributed by atoms with Gasteiger partial charge in [0.05, 0.1) is 42.4 Å². The molecule has 0 radical (unpaired) electrons. The predicted octanol–water partition coefficient (Wildman–Crippen LogP) is 6.21. The molecular formula is C31H30FN3O6S. The Kier molecular flexibility index (Phi) is 8.13. The lowest BCUT2D eigenvalue weighted by atomic mass is 9.97. The van der Waals surface area contributed by atoms with Crippen molar-refractivity contribution < 1.29 is 32.1 Å². The number of hydrogen-bond acceptors (Lipinski definition) is 8. The summed E-state index contributed by atoms with van der Waals surface area (Å²) in [4.78, 5) is 30.9. The molecule has 1 aliphatic heterocycles. The molecule has 0 aliphatic carbocycles. The highest BCUT2D eigenvalue weighted by atomic mass is 32.2. The molecule has 218 valence electrons. The lowest BCUT2D eigenvalue weighted by Crippen LogP contribution is -2.49. The third-order valence-corrected chi connectivity index (χ3v) is 7.94. The summed E-state index contributed by atoms with van der Waals surface area (Å²) in [7, 11) is 3.03. The van der Waals surface area contributed by atoms with Gasteiger partial charge in [0, 0.05) is 29.6 Å². The van der Waals surface area contributed by atoms with E-state index in [9.17, 15) is 14.0 Å². The van der Waals surface area contributed by atoms with Crippen LogP contribution in [-0.4, -0.2) is 49.9 Å². The van der Waals surface area contributed by atoms with E-state index in [0.717, 1.165) is 0 Å². The van der Waals surface area contributed by atoms with Crippen molar-refractivity contribution in [3.05, 3.63) is 71.5 Å². The number of furan rings is 1. The summed E-state index contributed by atoms with van der Waals surface area (Å²) in [6.07, 6.45) is 1.36. The second-order valence-corrected chi connectivity index (χ2v) is 10.9. The maximum atomic E-state index is 13.6. The van der Waals surface area contributed by atoms with Gasteiger partial charge in [-0.25, -0.2) is 9.38 Å². The van der Waals surface area contributed by atoms with Crippen molar-refractivity contribution in [3.63, 3.8) is 0 Å². The van der Waals surface area contributed by atoms with Gasteiger partial charge >= 0.3 is 0 Å². The Hall–Kier alpha value is -4.51. The van der Waals surface area contributed by atoms with Crippen LogP contribution < -0.4 is 20.1 Å². The van der Waals surface area contributed by atoms with E-state index in [1.165, 1.54) is 44.7 Å². The fourth-order valence-corrected chi connectivity index (χ4v) is 5.35. The number of nitrogens with one attached hydrogen (secondary N) is 2. The number of nitrogens with zero attached hydrogens (tertiary/aromatic N) is 1. The first-order valence-corrected chi connectivity index (χ1v) is 14.0. The van der Waals surface area contributed by atoms with Crippen molar-refractivity contribution >= 4 is 41.2 Å². The van der Waals surface area contributed by atoms with Crippen LogP contribution in [0.5, 0.6) is 11.5 Å². The van der Waals surface area contributed by atoms with Crippen LogP contribution >= 0.6 is 12.0 Å². The van der Waals surface area contributed by atoms with E-state index in [-0.39, 0.29) is 17.2 Å². The van der Waals surface area contributed by atoms with Crippen molar-refractivity contribution in [2.24, 2.45) is 4.99 Å². The van der Waals surface area contributed by atoms with E-state index in [1.54, 1.807) is 36.4 Å². The number of rotatable bonds is 9. The fraction of sp³-hybridized carbons (Fsp3) is 0.258. The number of amides is 2. The molecule has 0 fully saturated rings. The van der Waals surface area contributed by atoms with Gasteiger partial charge in [-0.1, -0.05) is 6.07 Å². The standard InChI is InChI=1S/C31H30FN3O6S/c1-6-39-24-15-25-21(26(29(37)33-4)27(41-25)17-7-10-19(32)11-8-17)14-20(24)18-9-12-23(38-5)22(13-18)28(36)35-31(2,3)30-34-16-40-42-30/h7-16,30H,6H2,1-5H3,(H,33,37)(H,35,36). The molecule has 1 aliphatic rings. The van der Waals surface area contributed by atoms with E-state index in [1.807, 2.05) is 26.8 Å². The summed E-state index contributed by atoms with van der Waals surface area (Å²) in [5.41, 5.74) is 2.16. The Morgan fingerprint density at radius 1 is 1.05 bits per heavy atom. The molecule has 2 amide bonds. The third-order valence-electron chi connectivity index (χ3n) is 6.84. The highest BCUT2D eigenvalue weighted by Crippen LogP contribution is 2.41. The summed E-state index contributed by atoms with van der Waals surface area (Å²) in [5.74, 6) is 0.0712. The SMILES string of the molecule is CCOc1cc2oc(-c3ccc(F)cc3)c(C(=O)NC)c2cc1-c1ccc(OC)c(C(=O)NC(C)(C)C2N=COS2)c1. The number of carbonyl (C=O) groups excluding carboxylic acids is 2. The minimum absolute atomic E-state index is 0.300. The monoisotopic (exact) mass is 591 g/mol. The molecule has 0 spiro atoms. The van der Waals surface area contributed by atoms with Gasteiger partial charge < -0.3 is 28.7 Å². The number of fused-ring (bicyclic) bond motifs is 1. The van der Waals surface area contributed by atoms with Gasteiger partial charge in [0.15, 0.2) is 11.8 Å². The number of ether oxygens (including phenoxy) is 2. The Morgan fingerprint density at radius 2 is 1.79 bits per heavy atom. The number of halogens is 1. The molecule has 3 aromatic carbocycles. The summed E-state index contributed by atoms with van der Waals surface area (Å²) < 4.78 is 36.5. The molecule has 1 unspecified atom stereocenters. The minimum Gasteiger partial charge on any atom is -0.496 e. The molecule has 1 atom stereocenters. The van der Waals surface area contributed by atoms with Gasteiger partial charge in [0.1, 0.15) is 28.7 Å². The van der Waals surface area contributed by atoms with Crippen molar-refractivity contribution in [1.29, 1.82) is 0 Å². The molecule has 9 nitrogen and oxygen atoms in total. The summed E-state index contributed by atoms with van der Waals surface area (Å²) >= 11 is 1.17. The molecule has 2 N–H and O–H groups in total. The highest BCUT2D eigenvalue weighted by molar-refractivity contribution is 7.96. The average Bonchev–Trinajstić information content (AvgIpc) is 3.66. The molecule has 0 saturated carbocycles. The van der Waals surface area contributed by atoms with Gasteiger partial charge in [0.2, 0.25) is 0 Å². The fourth-order valence-electron chi connectivity index (χ4n) is 4.74. The number of hydrogen-bond donors (Lipinski definition) is 2. The third kappa shape index (κ3) is 5.52. The van der Waals surface area contributed by atoms with Crippen molar-refractivity contribution in [1.82, 2.24) is 10.6 Å². The lowest BCUT2D eigenvalue weighted by molar-refractivity contribution is 0.0908.